The summed E-state index contributed by atoms with van der Waals surface area (Å²) in [5.41, 5.74) is 5.93. The molecule has 2 rings (SSSR count). The number of nitrogens with one attached hydrogen (secondary N) is 2. The van der Waals surface area contributed by atoms with Crippen molar-refractivity contribution in [1.82, 2.24) is 10.2 Å². The second-order valence-electron chi connectivity index (χ2n) is 3.44. The highest BCUT2D eigenvalue weighted by Crippen LogP contribution is 2.21. The fourth-order valence-electron chi connectivity index (χ4n) is 1.38. The third-order valence-corrected chi connectivity index (χ3v) is 3.61. The van der Waals surface area contributed by atoms with Crippen LogP contribution in [0.25, 0.3) is 0 Å². The first-order valence-electron chi connectivity index (χ1n) is 4.85. The fourth-order valence-corrected chi connectivity index (χ4v) is 2.50. The highest BCUT2D eigenvalue weighted by atomic mass is 32.2. The molecule has 0 unspecified atom stereocenters. The van der Waals surface area contributed by atoms with Gasteiger partial charge in [0, 0.05) is 6.07 Å². The topological polar surface area (TPSA) is 125 Å². The largest absolute Gasteiger partial charge is 0.398 e. The Morgan fingerprint density at radius 3 is 2.72 bits per heavy atom. The maximum atomic E-state index is 12.0. The second-order valence-corrected chi connectivity index (χ2v) is 5.09. The zero-order valence-electron chi connectivity index (χ0n) is 9.08. The number of nitrogen functional groups attached to an aromatic ring is 1. The summed E-state index contributed by atoms with van der Waals surface area (Å²) < 4.78 is 26.3. The first-order valence-corrected chi connectivity index (χ1v) is 6.33. The molecule has 1 aromatic heterocycles. The van der Waals surface area contributed by atoms with Gasteiger partial charge in [0.15, 0.2) is 0 Å². The zero-order valence-corrected chi connectivity index (χ0v) is 9.90. The molecule has 92 valence electrons. The van der Waals surface area contributed by atoms with Crippen LogP contribution >= 0.6 is 0 Å². The zero-order chi connectivity index (χ0) is 13.2. The molecule has 0 aliphatic rings. The molecule has 0 amide bonds. The van der Waals surface area contributed by atoms with Crippen molar-refractivity contribution < 1.29 is 8.42 Å². The summed E-state index contributed by atoms with van der Waals surface area (Å²) in [6.07, 6.45) is 1.42. The monoisotopic (exact) mass is 263 g/mol. The van der Waals surface area contributed by atoms with Crippen molar-refractivity contribution in [2.45, 2.75) is 4.90 Å². The molecule has 0 bridgehead atoms. The van der Waals surface area contributed by atoms with Crippen molar-refractivity contribution in [3.05, 3.63) is 36.0 Å². The van der Waals surface area contributed by atoms with Crippen LogP contribution in [0.2, 0.25) is 0 Å². The van der Waals surface area contributed by atoms with Gasteiger partial charge in [0.2, 0.25) is 0 Å². The third-order valence-electron chi connectivity index (χ3n) is 2.17. The number of hydrogen-bond acceptors (Lipinski definition) is 5. The Balaban J connectivity index is 2.39. The first kappa shape index (κ1) is 11.9. The standard InChI is InChI=1S/C10H9N5O2S/c11-6-7-1-2-9(8(12)5-7)18(16,17)15-10-3-4-13-14-10/h1-5H,12H2,(H2,13,14,15). The van der Waals surface area contributed by atoms with Crippen molar-refractivity contribution in [2.24, 2.45) is 0 Å². The third kappa shape index (κ3) is 2.26. The van der Waals surface area contributed by atoms with Gasteiger partial charge in [0.25, 0.3) is 10.0 Å². The van der Waals surface area contributed by atoms with Crippen LogP contribution < -0.4 is 10.5 Å². The molecule has 2 aromatic rings. The SMILES string of the molecule is N#Cc1ccc(S(=O)(=O)Nc2ccn[nH]2)c(N)c1. The minimum Gasteiger partial charge on any atom is -0.398 e. The molecule has 0 saturated carbocycles. The minimum absolute atomic E-state index is 0.0149. The Kier molecular flexibility index (Phi) is 2.91. The van der Waals surface area contributed by atoms with Gasteiger partial charge in [-0.3, -0.25) is 9.82 Å². The summed E-state index contributed by atoms with van der Waals surface area (Å²) in [6, 6.07) is 7.33. The lowest BCUT2D eigenvalue weighted by molar-refractivity contribution is 0.601. The van der Waals surface area contributed by atoms with E-state index < -0.39 is 10.0 Å². The van der Waals surface area contributed by atoms with Crippen LogP contribution in [-0.4, -0.2) is 18.6 Å². The number of rotatable bonds is 3. The number of hydrogen-bond donors (Lipinski definition) is 3. The number of anilines is 2. The molecule has 0 radical (unpaired) electrons. The number of H-pyrrole nitrogens is 1. The summed E-state index contributed by atoms with van der Waals surface area (Å²) in [4.78, 5) is -0.0869. The first-order chi connectivity index (χ1) is 8.53. The molecular weight excluding hydrogens is 254 g/mol. The Morgan fingerprint density at radius 1 is 1.39 bits per heavy atom. The van der Waals surface area contributed by atoms with Crippen LogP contribution in [-0.2, 0) is 10.0 Å². The molecule has 7 nitrogen and oxygen atoms in total. The summed E-state index contributed by atoms with van der Waals surface area (Å²) in [6.45, 7) is 0. The van der Waals surface area contributed by atoms with Gasteiger partial charge in [-0.2, -0.15) is 10.4 Å². The molecule has 0 aliphatic carbocycles. The van der Waals surface area contributed by atoms with Gasteiger partial charge in [-0.15, -0.1) is 0 Å². The van der Waals surface area contributed by atoms with E-state index in [0.29, 0.717) is 5.56 Å². The van der Waals surface area contributed by atoms with Crippen molar-refractivity contribution in [1.29, 1.82) is 5.26 Å². The fraction of sp³-hybridized carbons (Fsp3) is 0. The Bertz CT molecular complexity index is 700. The van der Waals surface area contributed by atoms with Gasteiger partial charge in [0.05, 0.1) is 23.5 Å². The summed E-state index contributed by atoms with van der Waals surface area (Å²) in [5, 5.41) is 14.8. The van der Waals surface area contributed by atoms with E-state index in [-0.39, 0.29) is 16.4 Å². The molecule has 0 atom stereocenters. The number of aromatic amines is 1. The lowest BCUT2D eigenvalue weighted by Gasteiger charge is -2.08. The highest BCUT2D eigenvalue weighted by Gasteiger charge is 2.18. The van der Waals surface area contributed by atoms with Crippen LogP contribution in [0.5, 0.6) is 0 Å². The normalized spacial score (nSPS) is 10.8. The van der Waals surface area contributed by atoms with Crippen molar-refractivity contribution in [3.63, 3.8) is 0 Å². The number of aromatic nitrogens is 2. The molecule has 1 heterocycles. The average molecular weight is 263 g/mol. The van der Waals surface area contributed by atoms with E-state index in [4.69, 9.17) is 11.0 Å². The number of sulfonamides is 1. The molecule has 0 spiro atoms. The smallest absolute Gasteiger partial charge is 0.265 e. The van der Waals surface area contributed by atoms with Gasteiger partial charge in [-0.25, -0.2) is 8.42 Å². The van der Waals surface area contributed by atoms with Crippen LogP contribution in [0.4, 0.5) is 11.5 Å². The maximum absolute atomic E-state index is 12.0. The predicted octanol–water partition coefficient (Wildman–Crippen LogP) is 0.664. The lowest BCUT2D eigenvalue weighted by Crippen LogP contribution is -2.15. The summed E-state index contributed by atoms with van der Waals surface area (Å²) >= 11 is 0. The van der Waals surface area contributed by atoms with Gasteiger partial charge in [0.1, 0.15) is 10.7 Å². The average Bonchev–Trinajstić information content (AvgIpc) is 2.80. The number of benzene rings is 1. The molecule has 0 aliphatic heterocycles. The number of nitriles is 1. The highest BCUT2D eigenvalue weighted by molar-refractivity contribution is 7.92. The van der Waals surface area contributed by atoms with Gasteiger partial charge < -0.3 is 5.73 Å². The number of nitrogens with two attached hydrogens (primary N) is 1. The van der Waals surface area contributed by atoms with Crippen LogP contribution in [0.1, 0.15) is 5.56 Å². The molecule has 18 heavy (non-hydrogen) atoms. The Morgan fingerprint density at radius 2 is 2.17 bits per heavy atom. The van der Waals surface area contributed by atoms with Crippen molar-refractivity contribution in [2.75, 3.05) is 10.5 Å². The minimum atomic E-state index is -3.79. The van der Waals surface area contributed by atoms with Crippen LogP contribution in [0, 0.1) is 11.3 Å². The van der Waals surface area contributed by atoms with Crippen molar-refractivity contribution in [3.8, 4) is 6.07 Å². The molecule has 1 aromatic carbocycles. The van der Waals surface area contributed by atoms with E-state index in [1.807, 2.05) is 6.07 Å². The summed E-state index contributed by atoms with van der Waals surface area (Å²) in [7, 11) is -3.79. The van der Waals surface area contributed by atoms with E-state index in [2.05, 4.69) is 14.9 Å². The van der Waals surface area contributed by atoms with E-state index in [0.717, 1.165) is 0 Å². The van der Waals surface area contributed by atoms with E-state index in [1.54, 1.807) is 0 Å². The van der Waals surface area contributed by atoms with Crippen LogP contribution in [0.15, 0.2) is 35.4 Å². The number of nitrogens with zero attached hydrogens (tertiary/aromatic N) is 2. The van der Waals surface area contributed by atoms with Gasteiger partial charge in [-0.05, 0) is 18.2 Å². The van der Waals surface area contributed by atoms with Crippen molar-refractivity contribution >= 4 is 21.5 Å². The quantitative estimate of drug-likeness (QED) is 0.702. The van der Waals surface area contributed by atoms with E-state index in [1.165, 1.54) is 30.5 Å². The Hall–Kier alpha value is -2.53. The molecule has 0 fully saturated rings. The molecule has 4 N–H and O–H groups in total. The summed E-state index contributed by atoms with van der Waals surface area (Å²) in [5.74, 6) is 0.235. The van der Waals surface area contributed by atoms with Gasteiger partial charge in [-0.1, -0.05) is 0 Å². The predicted molar refractivity (Wildman–Crippen MR) is 65.0 cm³/mol. The molecule has 0 saturated heterocycles. The van der Waals surface area contributed by atoms with Crippen LogP contribution in [0.3, 0.4) is 0 Å². The molecular formula is C10H9N5O2S. The van der Waals surface area contributed by atoms with Gasteiger partial charge >= 0.3 is 0 Å². The molecule has 8 heteroatoms. The lowest BCUT2D eigenvalue weighted by atomic mass is 10.2. The second kappa shape index (κ2) is 4.38. The van der Waals surface area contributed by atoms with E-state index in [9.17, 15) is 8.42 Å². The van der Waals surface area contributed by atoms with E-state index >= 15 is 0 Å². The Labute approximate surface area is 103 Å². The maximum Gasteiger partial charge on any atom is 0.265 e.